The Labute approximate surface area is 192 Å². The Morgan fingerprint density at radius 3 is 2.63 bits per heavy atom. The molecule has 1 heterocycles. The van der Waals surface area contributed by atoms with Gasteiger partial charge in [0.25, 0.3) is 0 Å². The molecule has 3 aromatic rings. The summed E-state index contributed by atoms with van der Waals surface area (Å²) in [5, 5.41) is 11.6. The molecule has 7 heteroatoms. The number of halogens is 2. The minimum Gasteiger partial charge on any atom is -0.393 e. The van der Waals surface area contributed by atoms with E-state index >= 15 is 0 Å². The lowest BCUT2D eigenvalue weighted by Gasteiger charge is -2.11. The second-order valence-electron chi connectivity index (χ2n) is 7.85. The molecule has 0 amide bonds. The minimum atomic E-state index is -0.384. The molecule has 2 aromatic carbocycles. The van der Waals surface area contributed by atoms with Crippen LogP contribution in [0.4, 0.5) is 0 Å². The predicted molar refractivity (Wildman–Crippen MR) is 127 cm³/mol. The molecule has 158 valence electrons. The van der Waals surface area contributed by atoms with Crippen molar-refractivity contribution in [3.05, 3.63) is 63.8 Å². The normalized spacial score (nSPS) is 14.8. The van der Waals surface area contributed by atoms with Crippen LogP contribution < -0.4 is 4.72 Å². The first kappa shape index (κ1) is 21.7. The number of thiol groups is 1. The van der Waals surface area contributed by atoms with Crippen LogP contribution >= 0.6 is 36.0 Å². The molecule has 4 rings (SSSR count). The van der Waals surface area contributed by atoms with Crippen molar-refractivity contribution in [3.63, 3.8) is 0 Å². The van der Waals surface area contributed by atoms with E-state index < -0.39 is 0 Å². The third-order valence-corrected chi connectivity index (χ3v) is 6.49. The van der Waals surface area contributed by atoms with Crippen molar-refractivity contribution in [1.29, 1.82) is 0 Å². The number of aromatic amines is 1. The fourth-order valence-electron chi connectivity index (χ4n) is 3.64. The summed E-state index contributed by atoms with van der Waals surface area (Å²) in [6, 6.07) is 12.1. The fourth-order valence-corrected chi connectivity index (χ4v) is 4.26. The number of hydrogen-bond donors (Lipinski definition) is 4. The van der Waals surface area contributed by atoms with Crippen LogP contribution in [-0.4, -0.2) is 27.7 Å². The molecule has 0 spiro atoms. The van der Waals surface area contributed by atoms with Crippen LogP contribution in [0.1, 0.15) is 42.7 Å². The molecule has 3 N–H and O–H groups in total. The maximum Gasteiger partial charge on any atom is 0.137 e. The number of aryl methyl sites for hydroxylation is 1. The molecule has 0 aliphatic heterocycles. The highest BCUT2D eigenvalue weighted by Gasteiger charge is 2.26. The summed E-state index contributed by atoms with van der Waals surface area (Å²) in [6.07, 6.45) is 5.91. The highest BCUT2D eigenvalue weighted by Crippen LogP contribution is 2.44. The number of imidazole rings is 1. The van der Waals surface area contributed by atoms with E-state index in [1.54, 1.807) is 0 Å². The lowest BCUT2D eigenvalue weighted by molar-refractivity contribution is 0.156. The second kappa shape index (κ2) is 9.75. The van der Waals surface area contributed by atoms with E-state index in [1.807, 2.05) is 36.5 Å². The standard InChI is InChI=1S/C23H25Cl2N3OS/c24-20-7-5-17(11-15(20)3-6-18(29)9-10-27-30)23-26-13-22(28-23)16-4-8-21(25)19(12-16)14-1-2-14/h4-5,7-8,11-14,18,27,29-30H,1-3,6,9-10H2,(H,26,28). The van der Waals surface area contributed by atoms with Crippen LogP contribution in [0.2, 0.25) is 10.0 Å². The summed E-state index contributed by atoms with van der Waals surface area (Å²) in [4.78, 5) is 8.01. The van der Waals surface area contributed by atoms with Gasteiger partial charge in [0.05, 0.1) is 18.0 Å². The summed E-state index contributed by atoms with van der Waals surface area (Å²) >= 11 is 16.7. The van der Waals surface area contributed by atoms with Crippen LogP contribution in [0.3, 0.4) is 0 Å². The highest BCUT2D eigenvalue weighted by atomic mass is 35.5. The number of nitrogens with zero attached hydrogens (tertiary/aromatic N) is 1. The number of nitrogens with one attached hydrogen (secondary N) is 2. The van der Waals surface area contributed by atoms with Crippen molar-refractivity contribution in [2.45, 2.75) is 44.1 Å². The van der Waals surface area contributed by atoms with Crippen molar-refractivity contribution < 1.29 is 5.11 Å². The van der Waals surface area contributed by atoms with Gasteiger partial charge in [0.1, 0.15) is 5.82 Å². The molecule has 0 radical (unpaired) electrons. The van der Waals surface area contributed by atoms with E-state index in [9.17, 15) is 5.11 Å². The molecule has 1 fully saturated rings. The number of aromatic nitrogens is 2. The van der Waals surface area contributed by atoms with Gasteiger partial charge >= 0.3 is 0 Å². The number of rotatable bonds is 9. The summed E-state index contributed by atoms with van der Waals surface area (Å²) in [6.45, 7) is 0.667. The molecule has 0 bridgehead atoms. The first-order valence-corrected chi connectivity index (χ1v) is 11.4. The Kier molecular flexibility index (Phi) is 7.06. The monoisotopic (exact) mass is 461 g/mol. The Hall–Kier alpha value is -1.50. The molecule has 1 unspecified atom stereocenters. The first-order valence-electron chi connectivity index (χ1n) is 10.2. The van der Waals surface area contributed by atoms with E-state index in [1.165, 1.54) is 18.4 Å². The molecular weight excluding hydrogens is 437 g/mol. The highest BCUT2D eigenvalue weighted by molar-refractivity contribution is 7.78. The average molecular weight is 462 g/mol. The zero-order valence-corrected chi connectivity index (χ0v) is 18.9. The summed E-state index contributed by atoms with van der Waals surface area (Å²) in [5.74, 6) is 1.39. The lowest BCUT2D eigenvalue weighted by atomic mass is 10.0. The van der Waals surface area contributed by atoms with E-state index in [4.69, 9.17) is 23.2 Å². The molecule has 4 nitrogen and oxygen atoms in total. The summed E-state index contributed by atoms with van der Waals surface area (Å²) < 4.78 is 2.76. The summed E-state index contributed by atoms with van der Waals surface area (Å²) in [7, 11) is 0. The van der Waals surface area contributed by atoms with Gasteiger partial charge in [-0.05, 0) is 85.0 Å². The SMILES string of the molecule is OC(CCNS)CCc1cc(-c2ncc(-c3ccc(Cl)c(C4CC4)c3)[nH]2)ccc1Cl. The third kappa shape index (κ3) is 5.21. The first-order chi connectivity index (χ1) is 14.5. The van der Waals surface area contributed by atoms with Gasteiger partial charge in [-0.3, -0.25) is 4.72 Å². The van der Waals surface area contributed by atoms with Crippen LogP contribution in [-0.2, 0) is 6.42 Å². The van der Waals surface area contributed by atoms with Gasteiger partial charge in [0, 0.05) is 22.2 Å². The molecule has 1 aliphatic carbocycles. The molecule has 1 aromatic heterocycles. The van der Waals surface area contributed by atoms with E-state index in [0.29, 0.717) is 36.7 Å². The molecule has 1 atom stereocenters. The lowest BCUT2D eigenvalue weighted by Crippen LogP contribution is -2.14. The van der Waals surface area contributed by atoms with Crippen LogP contribution in [0.5, 0.6) is 0 Å². The van der Waals surface area contributed by atoms with E-state index in [-0.39, 0.29) is 6.10 Å². The number of aliphatic hydroxyl groups excluding tert-OH is 1. The quantitative estimate of drug-likeness (QED) is 0.293. The molecule has 1 saturated carbocycles. The zero-order chi connectivity index (χ0) is 21.1. The molecule has 0 saturated heterocycles. The van der Waals surface area contributed by atoms with Crippen LogP contribution in [0.15, 0.2) is 42.6 Å². The van der Waals surface area contributed by atoms with E-state index in [2.05, 4.69) is 33.6 Å². The molecular formula is C23H25Cl2N3OS. The van der Waals surface area contributed by atoms with Gasteiger partial charge in [-0.25, -0.2) is 4.98 Å². The molecule has 30 heavy (non-hydrogen) atoms. The Morgan fingerprint density at radius 2 is 1.87 bits per heavy atom. The van der Waals surface area contributed by atoms with Crippen LogP contribution in [0.25, 0.3) is 22.6 Å². The maximum absolute atomic E-state index is 10.1. The number of H-pyrrole nitrogens is 1. The molecule has 1 aliphatic rings. The second-order valence-corrected chi connectivity index (χ2v) is 8.98. The summed E-state index contributed by atoms with van der Waals surface area (Å²) in [5.41, 5.74) is 5.27. The van der Waals surface area contributed by atoms with Gasteiger partial charge in [0.2, 0.25) is 0 Å². The third-order valence-electron chi connectivity index (χ3n) is 5.56. The van der Waals surface area contributed by atoms with Gasteiger partial charge in [-0.2, -0.15) is 0 Å². The Bertz CT molecular complexity index is 1020. The maximum atomic E-state index is 10.1. The van der Waals surface area contributed by atoms with Gasteiger partial charge < -0.3 is 10.1 Å². The van der Waals surface area contributed by atoms with Crippen molar-refractivity contribution in [3.8, 4) is 22.6 Å². The van der Waals surface area contributed by atoms with Crippen molar-refractivity contribution in [1.82, 2.24) is 14.7 Å². The van der Waals surface area contributed by atoms with Gasteiger partial charge in [-0.1, -0.05) is 42.1 Å². The average Bonchev–Trinajstić information content (AvgIpc) is 3.48. The predicted octanol–water partition coefficient (Wildman–Crippen LogP) is 6.05. The minimum absolute atomic E-state index is 0.384. The van der Waals surface area contributed by atoms with Gasteiger partial charge in [-0.15, -0.1) is 0 Å². The number of aliphatic hydroxyl groups is 1. The van der Waals surface area contributed by atoms with Crippen molar-refractivity contribution in [2.24, 2.45) is 0 Å². The fraction of sp³-hybridized carbons (Fsp3) is 0.348. The topological polar surface area (TPSA) is 60.9 Å². The largest absolute Gasteiger partial charge is 0.393 e. The van der Waals surface area contributed by atoms with Crippen LogP contribution in [0, 0.1) is 0 Å². The number of benzene rings is 2. The van der Waals surface area contributed by atoms with Crippen molar-refractivity contribution in [2.75, 3.05) is 6.54 Å². The Morgan fingerprint density at radius 1 is 1.10 bits per heavy atom. The number of hydrogen-bond acceptors (Lipinski definition) is 4. The van der Waals surface area contributed by atoms with E-state index in [0.717, 1.165) is 33.2 Å². The van der Waals surface area contributed by atoms with Gasteiger partial charge in [0.15, 0.2) is 0 Å². The Balaban J connectivity index is 1.51. The zero-order valence-electron chi connectivity index (χ0n) is 16.5. The smallest absolute Gasteiger partial charge is 0.137 e. The van der Waals surface area contributed by atoms with Crippen molar-refractivity contribution >= 4 is 36.0 Å².